The van der Waals surface area contributed by atoms with Crippen LogP contribution in [0.1, 0.15) is 68.6 Å². The van der Waals surface area contributed by atoms with Gasteiger partial charge < -0.3 is 4.74 Å². The number of halogens is 3. The number of rotatable bonds is 10. The van der Waals surface area contributed by atoms with Crippen LogP contribution in [-0.4, -0.2) is 12.6 Å². The maximum atomic E-state index is 13.4. The van der Waals surface area contributed by atoms with Gasteiger partial charge in [0.2, 0.25) is 0 Å². The molecule has 0 N–H and O–H groups in total. The zero-order valence-electron chi connectivity index (χ0n) is 13.0. The smallest absolute Gasteiger partial charge is 0.341 e. The summed E-state index contributed by atoms with van der Waals surface area (Å²) in [5, 5.41) is 0. The van der Waals surface area contributed by atoms with E-state index < -0.39 is 29.0 Å². The fourth-order valence-electron chi connectivity index (χ4n) is 2.16. The first-order chi connectivity index (χ1) is 10.6. The molecule has 0 atom stereocenters. The van der Waals surface area contributed by atoms with E-state index in [1.807, 2.05) is 0 Å². The molecule has 0 bridgehead atoms. The number of carbonyl (C=O) groups is 1. The van der Waals surface area contributed by atoms with Gasteiger partial charge in [-0.3, -0.25) is 0 Å². The van der Waals surface area contributed by atoms with Gasteiger partial charge in [-0.15, -0.1) is 0 Å². The standard InChI is InChI=1S/C17H23F3O2/c1-2-3-4-5-6-7-8-9-12-22-17(21)13-10-11-14(18)16(20)15(13)19/h10-11H,2-9,12H2,1H3. The summed E-state index contributed by atoms with van der Waals surface area (Å²) in [6.07, 6.45) is 8.79. The lowest BCUT2D eigenvalue weighted by molar-refractivity contribution is 0.0491. The molecule has 0 aliphatic heterocycles. The molecule has 0 heterocycles. The monoisotopic (exact) mass is 316 g/mol. The third-order valence-electron chi connectivity index (χ3n) is 3.49. The summed E-state index contributed by atoms with van der Waals surface area (Å²) in [6, 6.07) is 1.61. The van der Waals surface area contributed by atoms with Crippen LogP contribution in [0.2, 0.25) is 0 Å². The summed E-state index contributed by atoms with van der Waals surface area (Å²) in [4.78, 5) is 11.6. The first-order valence-electron chi connectivity index (χ1n) is 7.88. The van der Waals surface area contributed by atoms with Crippen LogP contribution in [0.15, 0.2) is 12.1 Å². The minimum absolute atomic E-state index is 0.159. The maximum Gasteiger partial charge on any atom is 0.341 e. The van der Waals surface area contributed by atoms with Crippen LogP contribution in [0.3, 0.4) is 0 Å². The highest BCUT2D eigenvalue weighted by atomic mass is 19.2. The zero-order valence-corrected chi connectivity index (χ0v) is 13.0. The minimum Gasteiger partial charge on any atom is -0.462 e. The quantitative estimate of drug-likeness (QED) is 0.328. The van der Waals surface area contributed by atoms with E-state index in [1.165, 1.54) is 25.7 Å². The Morgan fingerprint density at radius 2 is 1.50 bits per heavy atom. The number of ether oxygens (including phenoxy) is 1. The Morgan fingerprint density at radius 3 is 2.14 bits per heavy atom. The van der Waals surface area contributed by atoms with Crippen molar-refractivity contribution in [2.24, 2.45) is 0 Å². The highest BCUT2D eigenvalue weighted by molar-refractivity contribution is 5.89. The Balaban J connectivity index is 2.20. The summed E-state index contributed by atoms with van der Waals surface area (Å²) in [5.41, 5.74) is -0.571. The van der Waals surface area contributed by atoms with Gasteiger partial charge in [-0.05, 0) is 18.6 Å². The van der Waals surface area contributed by atoms with Crippen molar-refractivity contribution in [3.63, 3.8) is 0 Å². The van der Waals surface area contributed by atoms with Crippen LogP contribution in [0.25, 0.3) is 0 Å². The van der Waals surface area contributed by atoms with Crippen molar-refractivity contribution in [2.45, 2.75) is 58.3 Å². The fraction of sp³-hybridized carbons (Fsp3) is 0.588. The Kier molecular flexibility index (Phi) is 8.63. The van der Waals surface area contributed by atoms with E-state index in [0.29, 0.717) is 12.5 Å². The van der Waals surface area contributed by atoms with Crippen LogP contribution in [0, 0.1) is 17.5 Å². The molecule has 0 aliphatic carbocycles. The normalized spacial score (nSPS) is 10.7. The summed E-state index contributed by atoms with van der Waals surface area (Å²) >= 11 is 0. The number of benzene rings is 1. The van der Waals surface area contributed by atoms with Crippen LogP contribution in [-0.2, 0) is 4.74 Å². The molecular weight excluding hydrogens is 293 g/mol. The minimum atomic E-state index is -1.65. The van der Waals surface area contributed by atoms with Gasteiger partial charge in [-0.25, -0.2) is 18.0 Å². The van der Waals surface area contributed by atoms with Gasteiger partial charge in [0.15, 0.2) is 17.5 Å². The fourth-order valence-corrected chi connectivity index (χ4v) is 2.16. The number of esters is 1. The van der Waals surface area contributed by atoms with E-state index in [2.05, 4.69) is 6.92 Å². The molecule has 0 spiro atoms. The summed E-state index contributed by atoms with van der Waals surface area (Å²) in [7, 11) is 0. The molecule has 2 nitrogen and oxygen atoms in total. The maximum absolute atomic E-state index is 13.4. The number of unbranched alkanes of at least 4 members (excludes halogenated alkanes) is 7. The average molecular weight is 316 g/mol. The number of hydrogen-bond acceptors (Lipinski definition) is 2. The van der Waals surface area contributed by atoms with Gasteiger partial charge in [0.1, 0.15) is 0 Å². The van der Waals surface area contributed by atoms with E-state index in [-0.39, 0.29) is 6.61 Å². The van der Waals surface area contributed by atoms with E-state index in [9.17, 15) is 18.0 Å². The number of carbonyl (C=O) groups excluding carboxylic acids is 1. The molecule has 5 heteroatoms. The largest absolute Gasteiger partial charge is 0.462 e. The third-order valence-corrected chi connectivity index (χ3v) is 3.49. The van der Waals surface area contributed by atoms with Gasteiger partial charge in [-0.1, -0.05) is 51.9 Å². The molecule has 0 saturated carbocycles. The molecule has 0 saturated heterocycles. The lowest BCUT2D eigenvalue weighted by Gasteiger charge is -2.06. The van der Waals surface area contributed by atoms with Crippen molar-refractivity contribution in [1.29, 1.82) is 0 Å². The van der Waals surface area contributed by atoms with Gasteiger partial charge >= 0.3 is 5.97 Å². The SMILES string of the molecule is CCCCCCCCCCOC(=O)c1ccc(F)c(F)c1F. The summed E-state index contributed by atoms with van der Waals surface area (Å²) in [5.74, 6) is -5.43. The summed E-state index contributed by atoms with van der Waals surface area (Å²) in [6.45, 7) is 2.33. The van der Waals surface area contributed by atoms with E-state index in [1.54, 1.807) is 0 Å². The first-order valence-corrected chi connectivity index (χ1v) is 7.88. The number of hydrogen-bond donors (Lipinski definition) is 0. The Bertz CT molecular complexity index is 475. The highest BCUT2D eigenvalue weighted by Gasteiger charge is 2.19. The van der Waals surface area contributed by atoms with Crippen LogP contribution in [0.5, 0.6) is 0 Å². The molecule has 124 valence electrons. The molecule has 0 aliphatic rings. The molecule has 0 fully saturated rings. The molecule has 0 unspecified atom stereocenters. The van der Waals surface area contributed by atoms with Crippen molar-refractivity contribution in [3.05, 3.63) is 35.1 Å². The van der Waals surface area contributed by atoms with Crippen molar-refractivity contribution >= 4 is 5.97 Å². The zero-order chi connectivity index (χ0) is 16.4. The van der Waals surface area contributed by atoms with Gasteiger partial charge in [0.25, 0.3) is 0 Å². The van der Waals surface area contributed by atoms with E-state index >= 15 is 0 Å². The molecule has 1 aromatic carbocycles. The van der Waals surface area contributed by atoms with Gasteiger partial charge in [-0.2, -0.15) is 0 Å². The molecule has 1 aromatic rings. The van der Waals surface area contributed by atoms with Gasteiger partial charge in [0.05, 0.1) is 12.2 Å². The van der Waals surface area contributed by atoms with Crippen LogP contribution >= 0.6 is 0 Å². The van der Waals surface area contributed by atoms with E-state index in [4.69, 9.17) is 4.74 Å². The van der Waals surface area contributed by atoms with Crippen molar-refractivity contribution < 1.29 is 22.7 Å². The first kappa shape index (κ1) is 18.5. The predicted molar refractivity (Wildman–Crippen MR) is 79.2 cm³/mol. The summed E-state index contributed by atoms with van der Waals surface area (Å²) < 4.78 is 44.0. The second-order valence-electron chi connectivity index (χ2n) is 5.33. The van der Waals surface area contributed by atoms with Crippen LogP contribution < -0.4 is 0 Å². The third kappa shape index (κ3) is 6.08. The second kappa shape index (κ2) is 10.2. The van der Waals surface area contributed by atoms with Crippen molar-refractivity contribution in [3.8, 4) is 0 Å². The highest BCUT2D eigenvalue weighted by Crippen LogP contribution is 2.16. The Labute approximate surface area is 129 Å². The molecule has 22 heavy (non-hydrogen) atoms. The topological polar surface area (TPSA) is 26.3 Å². The molecule has 0 aromatic heterocycles. The molecule has 0 radical (unpaired) electrons. The predicted octanol–water partition coefficient (Wildman–Crippen LogP) is 5.40. The van der Waals surface area contributed by atoms with Crippen molar-refractivity contribution in [2.75, 3.05) is 6.61 Å². The lowest BCUT2D eigenvalue weighted by atomic mass is 10.1. The van der Waals surface area contributed by atoms with Crippen molar-refractivity contribution in [1.82, 2.24) is 0 Å². The Morgan fingerprint density at radius 1 is 0.909 bits per heavy atom. The second-order valence-corrected chi connectivity index (χ2v) is 5.33. The molecule has 0 amide bonds. The van der Waals surface area contributed by atoms with Crippen LogP contribution in [0.4, 0.5) is 13.2 Å². The molecule has 1 rings (SSSR count). The molecular formula is C17H23F3O2. The average Bonchev–Trinajstić information content (AvgIpc) is 2.51. The lowest BCUT2D eigenvalue weighted by Crippen LogP contribution is -2.10. The van der Waals surface area contributed by atoms with Gasteiger partial charge in [0, 0.05) is 0 Å². The van der Waals surface area contributed by atoms with E-state index in [0.717, 1.165) is 25.3 Å². The Hall–Kier alpha value is -1.52.